The Balaban J connectivity index is 2.14. The van der Waals surface area contributed by atoms with Gasteiger partial charge < -0.3 is 15.1 Å². The number of rotatable bonds is 11. The summed E-state index contributed by atoms with van der Waals surface area (Å²) < 4.78 is 0. The van der Waals surface area contributed by atoms with Crippen molar-refractivity contribution in [3.63, 3.8) is 0 Å². The minimum absolute atomic E-state index is 0.0329. The minimum atomic E-state index is -0.0329. The molecule has 0 saturated heterocycles. The van der Waals surface area contributed by atoms with E-state index in [9.17, 15) is 4.79 Å². The van der Waals surface area contributed by atoms with Crippen LogP contribution in [0.2, 0.25) is 0 Å². The highest BCUT2D eigenvalue weighted by atomic mass is 16.2. The van der Waals surface area contributed by atoms with Crippen molar-refractivity contribution < 1.29 is 4.79 Å². The van der Waals surface area contributed by atoms with E-state index in [2.05, 4.69) is 95.1 Å². The highest BCUT2D eigenvalue weighted by Crippen LogP contribution is 2.23. The molecule has 0 radical (unpaired) electrons. The molecule has 0 bridgehead atoms. The predicted molar refractivity (Wildman–Crippen MR) is 142 cm³/mol. The quantitative estimate of drug-likeness (QED) is 0.396. The standard InChI is InChI=1S/C29H45N3O/c1-8-24-15-19-27(20-16-24)30-28(33)32(23(4)12-11-21-31(9-2)10-3)22-25-13-17-26(18-14-25)29(5,6)7/h13-20,23H,8-12,21-22H2,1-7H3,(H,30,33). The second-order valence-corrected chi connectivity index (χ2v) is 10.1. The molecule has 1 N–H and O–H groups in total. The maximum Gasteiger partial charge on any atom is 0.322 e. The van der Waals surface area contributed by atoms with Crippen molar-refractivity contribution in [1.29, 1.82) is 0 Å². The number of anilines is 1. The summed E-state index contributed by atoms with van der Waals surface area (Å²) >= 11 is 0. The number of nitrogens with one attached hydrogen (secondary N) is 1. The average molecular weight is 452 g/mol. The number of carbonyl (C=O) groups is 1. The third-order valence-electron chi connectivity index (χ3n) is 6.57. The summed E-state index contributed by atoms with van der Waals surface area (Å²) in [4.78, 5) is 17.8. The van der Waals surface area contributed by atoms with Crippen molar-refractivity contribution >= 4 is 11.7 Å². The summed E-state index contributed by atoms with van der Waals surface area (Å²) in [5.41, 5.74) is 4.72. The number of aryl methyl sites for hydroxylation is 1. The van der Waals surface area contributed by atoms with Gasteiger partial charge in [-0.15, -0.1) is 0 Å². The van der Waals surface area contributed by atoms with E-state index >= 15 is 0 Å². The maximum atomic E-state index is 13.4. The van der Waals surface area contributed by atoms with E-state index in [1.807, 2.05) is 17.0 Å². The molecule has 1 unspecified atom stereocenters. The van der Waals surface area contributed by atoms with E-state index in [1.165, 1.54) is 11.1 Å². The monoisotopic (exact) mass is 451 g/mol. The zero-order valence-electron chi connectivity index (χ0n) is 21.9. The lowest BCUT2D eigenvalue weighted by Crippen LogP contribution is -2.41. The highest BCUT2D eigenvalue weighted by molar-refractivity contribution is 5.89. The molecule has 182 valence electrons. The average Bonchev–Trinajstić information content (AvgIpc) is 2.80. The van der Waals surface area contributed by atoms with Crippen molar-refractivity contribution in [3.05, 3.63) is 65.2 Å². The van der Waals surface area contributed by atoms with E-state index in [0.717, 1.165) is 50.1 Å². The second kappa shape index (κ2) is 12.8. The van der Waals surface area contributed by atoms with Gasteiger partial charge in [0.1, 0.15) is 0 Å². The third kappa shape index (κ3) is 8.51. The van der Waals surface area contributed by atoms with Gasteiger partial charge in [0.15, 0.2) is 0 Å². The lowest BCUT2D eigenvalue weighted by Gasteiger charge is -2.31. The molecule has 2 aromatic carbocycles. The van der Waals surface area contributed by atoms with Gasteiger partial charge in [0.2, 0.25) is 0 Å². The molecule has 2 rings (SSSR count). The predicted octanol–water partition coefficient (Wildman–Crippen LogP) is 7.09. The normalized spacial score (nSPS) is 12.6. The van der Waals surface area contributed by atoms with Gasteiger partial charge >= 0.3 is 6.03 Å². The van der Waals surface area contributed by atoms with Gasteiger partial charge in [0, 0.05) is 18.3 Å². The van der Waals surface area contributed by atoms with Gasteiger partial charge in [-0.05, 0) is 80.1 Å². The Morgan fingerprint density at radius 2 is 1.48 bits per heavy atom. The van der Waals surface area contributed by atoms with Crippen LogP contribution in [0.15, 0.2) is 48.5 Å². The SMILES string of the molecule is CCc1ccc(NC(=O)N(Cc2ccc(C(C)(C)C)cc2)C(C)CCCN(CC)CC)cc1. The summed E-state index contributed by atoms with van der Waals surface area (Å²) in [5.74, 6) is 0. The van der Waals surface area contributed by atoms with Crippen molar-refractivity contribution in [2.75, 3.05) is 25.0 Å². The van der Waals surface area contributed by atoms with Crippen LogP contribution in [-0.4, -0.2) is 41.5 Å². The second-order valence-electron chi connectivity index (χ2n) is 10.1. The van der Waals surface area contributed by atoms with Crippen LogP contribution in [0.5, 0.6) is 0 Å². The topological polar surface area (TPSA) is 35.6 Å². The summed E-state index contributed by atoms with van der Waals surface area (Å²) in [6.07, 6.45) is 3.06. The number of urea groups is 1. The first-order valence-electron chi connectivity index (χ1n) is 12.7. The molecule has 0 fully saturated rings. The molecule has 4 heteroatoms. The molecule has 1 atom stereocenters. The fourth-order valence-electron chi connectivity index (χ4n) is 4.06. The van der Waals surface area contributed by atoms with Crippen LogP contribution in [0, 0.1) is 0 Å². The van der Waals surface area contributed by atoms with Gasteiger partial charge in [-0.25, -0.2) is 4.79 Å². The van der Waals surface area contributed by atoms with Gasteiger partial charge in [0.05, 0.1) is 0 Å². The summed E-state index contributed by atoms with van der Waals surface area (Å²) in [6.45, 7) is 19.2. The number of nitrogens with zero attached hydrogens (tertiary/aromatic N) is 2. The first-order chi connectivity index (χ1) is 15.7. The Hall–Kier alpha value is -2.33. The van der Waals surface area contributed by atoms with E-state index in [4.69, 9.17) is 0 Å². The van der Waals surface area contributed by atoms with E-state index in [1.54, 1.807) is 0 Å². The summed E-state index contributed by atoms with van der Waals surface area (Å²) in [6, 6.07) is 17.0. The molecule has 0 aliphatic heterocycles. The van der Waals surface area contributed by atoms with Gasteiger partial charge in [-0.2, -0.15) is 0 Å². The molecule has 4 nitrogen and oxygen atoms in total. The van der Waals surface area contributed by atoms with Crippen LogP contribution < -0.4 is 5.32 Å². The number of carbonyl (C=O) groups excluding carboxylic acids is 1. The molecule has 0 aromatic heterocycles. The fourth-order valence-corrected chi connectivity index (χ4v) is 4.06. The van der Waals surface area contributed by atoms with Crippen molar-refractivity contribution in [1.82, 2.24) is 9.80 Å². The van der Waals surface area contributed by atoms with Crippen LogP contribution in [0.4, 0.5) is 10.5 Å². The maximum absolute atomic E-state index is 13.4. The fraction of sp³-hybridized carbons (Fsp3) is 0.552. The van der Waals surface area contributed by atoms with E-state index < -0.39 is 0 Å². The van der Waals surface area contributed by atoms with E-state index in [0.29, 0.717) is 6.54 Å². The first kappa shape index (κ1) is 26.9. The molecule has 2 aromatic rings. The molecular formula is C29H45N3O. The number of hydrogen-bond acceptors (Lipinski definition) is 2. The first-order valence-corrected chi connectivity index (χ1v) is 12.7. The Kier molecular flexibility index (Phi) is 10.4. The lowest BCUT2D eigenvalue weighted by molar-refractivity contribution is 0.181. The Morgan fingerprint density at radius 1 is 0.909 bits per heavy atom. The highest BCUT2D eigenvalue weighted by Gasteiger charge is 2.21. The van der Waals surface area contributed by atoms with Crippen molar-refractivity contribution in [3.8, 4) is 0 Å². The van der Waals surface area contributed by atoms with Gasteiger partial charge in [-0.1, -0.05) is 77.9 Å². The van der Waals surface area contributed by atoms with Gasteiger partial charge in [-0.3, -0.25) is 0 Å². The Morgan fingerprint density at radius 3 is 2.00 bits per heavy atom. The summed E-state index contributed by atoms with van der Waals surface area (Å²) in [5, 5.41) is 3.13. The zero-order valence-corrected chi connectivity index (χ0v) is 21.9. The van der Waals surface area contributed by atoms with Crippen LogP contribution in [0.1, 0.15) is 78.0 Å². The van der Waals surface area contributed by atoms with Crippen molar-refractivity contribution in [2.45, 2.75) is 85.7 Å². The van der Waals surface area contributed by atoms with Crippen molar-refractivity contribution in [2.24, 2.45) is 0 Å². The Bertz CT molecular complexity index is 833. The molecule has 0 heterocycles. The number of benzene rings is 2. The minimum Gasteiger partial charge on any atom is -0.318 e. The largest absolute Gasteiger partial charge is 0.322 e. The molecule has 0 aliphatic carbocycles. The lowest BCUT2D eigenvalue weighted by atomic mass is 9.87. The molecule has 33 heavy (non-hydrogen) atoms. The van der Waals surface area contributed by atoms with Crippen LogP contribution in [0.25, 0.3) is 0 Å². The third-order valence-corrected chi connectivity index (χ3v) is 6.57. The molecule has 0 spiro atoms. The van der Waals surface area contributed by atoms with E-state index in [-0.39, 0.29) is 17.5 Å². The zero-order chi connectivity index (χ0) is 24.4. The Labute approximate surface area is 202 Å². The van der Waals surface area contributed by atoms with Crippen LogP contribution in [-0.2, 0) is 18.4 Å². The molecule has 0 saturated carbocycles. The molecular weight excluding hydrogens is 406 g/mol. The summed E-state index contributed by atoms with van der Waals surface area (Å²) in [7, 11) is 0. The van der Waals surface area contributed by atoms with Crippen LogP contribution in [0.3, 0.4) is 0 Å². The van der Waals surface area contributed by atoms with Crippen LogP contribution >= 0.6 is 0 Å². The van der Waals surface area contributed by atoms with Gasteiger partial charge in [0.25, 0.3) is 0 Å². The number of amides is 2. The molecule has 2 amide bonds. The number of hydrogen-bond donors (Lipinski definition) is 1. The smallest absolute Gasteiger partial charge is 0.318 e. The molecule has 0 aliphatic rings.